The van der Waals surface area contributed by atoms with Crippen LogP contribution in [0.5, 0.6) is 0 Å². The number of nitrogens with zero attached hydrogens (tertiary/aromatic N) is 3. The maximum Gasteiger partial charge on any atom is 0.219 e. The molecule has 1 saturated carbocycles. The second kappa shape index (κ2) is 5.44. The maximum atomic E-state index is 12.0. The van der Waals surface area contributed by atoms with Crippen molar-refractivity contribution in [1.82, 2.24) is 14.5 Å². The van der Waals surface area contributed by atoms with Crippen LogP contribution in [-0.4, -0.2) is 41.8 Å². The van der Waals surface area contributed by atoms with Crippen molar-refractivity contribution in [3.8, 4) is 0 Å². The molecule has 112 valence electrons. The maximum absolute atomic E-state index is 12.0. The fourth-order valence-corrected chi connectivity index (χ4v) is 4.22. The Bertz CT molecular complexity index is 557. The van der Waals surface area contributed by atoms with E-state index in [1.807, 2.05) is 6.92 Å². The molecule has 0 bridgehead atoms. The molecule has 1 aliphatic heterocycles. The number of rotatable bonds is 5. The van der Waals surface area contributed by atoms with Crippen molar-refractivity contribution in [3.05, 3.63) is 11.8 Å². The zero-order chi connectivity index (χ0) is 14.2. The smallest absolute Gasteiger partial charge is 0.219 e. The van der Waals surface area contributed by atoms with Crippen LogP contribution in [-0.2, 0) is 10.0 Å². The number of piperidine rings is 1. The molecule has 2 fully saturated rings. The first-order chi connectivity index (χ1) is 9.60. The van der Waals surface area contributed by atoms with Crippen molar-refractivity contribution < 1.29 is 12.8 Å². The predicted octanol–water partition coefficient (Wildman–Crippen LogP) is 1.87. The lowest BCUT2D eigenvalue weighted by Gasteiger charge is -2.29. The van der Waals surface area contributed by atoms with Gasteiger partial charge in [0.15, 0.2) is 0 Å². The van der Waals surface area contributed by atoms with Gasteiger partial charge in [0.2, 0.25) is 21.8 Å². The third kappa shape index (κ3) is 2.88. The van der Waals surface area contributed by atoms with E-state index in [-0.39, 0.29) is 11.7 Å². The Hall–Kier alpha value is -0.950. The zero-order valence-electron chi connectivity index (χ0n) is 11.8. The van der Waals surface area contributed by atoms with E-state index in [2.05, 4.69) is 10.2 Å². The van der Waals surface area contributed by atoms with Gasteiger partial charge >= 0.3 is 0 Å². The van der Waals surface area contributed by atoms with Gasteiger partial charge in [-0.05, 0) is 32.1 Å². The fraction of sp³-hybridized carbons (Fsp3) is 0.846. The Morgan fingerprint density at radius 1 is 1.10 bits per heavy atom. The second-order valence-corrected chi connectivity index (χ2v) is 7.83. The van der Waals surface area contributed by atoms with E-state index in [0.717, 1.165) is 31.6 Å². The first kappa shape index (κ1) is 14.0. The van der Waals surface area contributed by atoms with Gasteiger partial charge in [-0.2, -0.15) is 0 Å². The molecule has 0 amide bonds. The van der Waals surface area contributed by atoms with Gasteiger partial charge in [-0.15, -0.1) is 10.2 Å². The van der Waals surface area contributed by atoms with Crippen molar-refractivity contribution >= 4 is 10.0 Å². The van der Waals surface area contributed by atoms with Crippen LogP contribution in [0.4, 0.5) is 0 Å². The molecule has 1 aromatic heterocycles. The van der Waals surface area contributed by atoms with Gasteiger partial charge in [-0.25, -0.2) is 12.7 Å². The SMILES string of the molecule is CCCS(=O)(=O)N1CCC(c2nnc(C3CC3)o2)CC1. The molecule has 2 heterocycles. The van der Waals surface area contributed by atoms with Crippen molar-refractivity contribution in [1.29, 1.82) is 0 Å². The standard InChI is InChI=1S/C13H21N3O3S/c1-2-9-20(17,18)16-7-5-11(6-8-16)13-15-14-12(19-13)10-3-4-10/h10-11H,2-9H2,1H3. The van der Waals surface area contributed by atoms with E-state index in [1.54, 1.807) is 4.31 Å². The monoisotopic (exact) mass is 299 g/mol. The molecule has 6 nitrogen and oxygen atoms in total. The summed E-state index contributed by atoms with van der Waals surface area (Å²) in [5.74, 6) is 2.38. The highest BCUT2D eigenvalue weighted by Gasteiger charge is 2.33. The summed E-state index contributed by atoms with van der Waals surface area (Å²) in [6.45, 7) is 3.02. The third-order valence-corrected chi connectivity index (χ3v) is 6.12. The Labute approximate surface area is 119 Å². The second-order valence-electron chi connectivity index (χ2n) is 5.74. The van der Waals surface area contributed by atoms with Crippen LogP contribution in [0.15, 0.2) is 4.42 Å². The lowest BCUT2D eigenvalue weighted by atomic mass is 9.98. The normalized spacial score (nSPS) is 22.2. The molecule has 0 aromatic carbocycles. The Morgan fingerprint density at radius 2 is 1.65 bits per heavy atom. The Kier molecular flexibility index (Phi) is 3.81. The van der Waals surface area contributed by atoms with Gasteiger partial charge in [0.25, 0.3) is 0 Å². The molecule has 1 saturated heterocycles. The highest BCUT2D eigenvalue weighted by Crippen LogP contribution is 2.40. The largest absolute Gasteiger partial charge is 0.425 e. The number of sulfonamides is 1. The molecule has 1 aliphatic carbocycles. The average Bonchev–Trinajstić information content (AvgIpc) is 3.17. The molecule has 7 heteroatoms. The Balaban J connectivity index is 1.60. The van der Waals surface area contributed by atoms with Gasteiger partial charge < -0.3 is 4.42 Å². The minimum atomic E-state index is -3.07. The van der Waals surface area contributed by atoms with E-state index in [0.29, 0.717) is 31.3 Å². The minimum Gasteiger partial charge on any atom is -0.425 e. The topological polar surface area (TPSA) is 76.3 Å². The number of hydrogen-bond acceptors (Lipinski definition) is 5. The highest BCUT2D eigenvalue weighted by atomic mass is 32.2. The van der Waals surface area contributed by atoms with Crippen LogP contribution < -0.4 is 0 Å². The van der Waals surface area contributed by atoms with Crippen molar-refractivity contribution in [2.45, 2.75) is 50.9 Å². The summed E-state index contributed by atoms with van der Waals surface area (Å²) in [7, 11) is -3.07. The molecular weight excluding hydrogens is 278 g/mol. The van der Waals surface area contributed by atoms with E-state index < -0.39 is 10.0 Å². The van der Waals surface area contributed by atoms with E-state index in [1.165, 1.54) is 0 Å². The molecule has 0 unspecified atom stereocenters. The predicted molar refractivity (Wildman–Crippen MR) is 73.9 cm³/mol. The Morgan fingerprint density at radius 3 is 2.15 bits per heavy atom. The van der Waals surface area contributed by atoms with Gasteiger partial charge in [0.1, 0.15) is 0 Å². The van der Waals surface area contributed by atoms with E-state index >= 15 is 0 Å². The molecule has 20 heavy (non-hydrogen) atoms. The number of aromatic nitrogens is 2. The highest BCUT2D eigenvalue weighted by molar-refractivity contribution is 7.89. The fourth-order valence-electron chi connectivity index (χ4n) is 2.67. The van der Waals surface area contributed by atoms with Gasteiger partial charge in [0.05, 0.1) is 5.75 Å². The lowest BCUT2D eigenvalue weighted by molar-refractivity contribution is 0.286. The van der Waals surface area contributed by atoms with Crippen LogP contribution in [0.25, 0.3) is 0 Å². The molecule has 0 spiro atoms. The summed E-state index contributed by atoms with van der Waals surface area (Å²) < 4.78 is 31.3. The summed E-state index contributed by atoms with van der Waals surface area (Å²) in [4.78, 5) is 0. The summed E-state index contributed by atoms with van der Waals surface area (Å²) in [5.41, 5.74) is 0. The first-order valence-corrected chi connectivity index (χ1v) is 9.02. The van der Waals surface area contributed by atoms with Crippen LogP contribution in [0.1, 0.15) is 62.6 Å². The van der Waals surface area contributed by atoms with Crippen LogP contribution in [0.3, 0.4) is 0 Å². The van der Waals surface area contributed by atoms with Crippen molar-refractivity contribution in [2.24, 2.45) is 0 Å². The molecular formula is C13H21N3O3S. The minimum absolute atomic E-state index is 0.211. The van der Waals surface area contributed by atoms with E-state index in [9.17, 15) is 8.42 Å². The molecule has 0 radical (unpaired) electrons. The van der Waals surface area contributed by atoms with Crippen molar-refractivity contribution in [2.75, 3.05) is 18.8 Å². The summed E-state index contributed by atoms with van der Waals surface area (Å²) in [5, 5.41) is 8.24. The molecule has 1 aromatic rings. The van der Waals surface area contributed by atoms with Crippen molar-refractivity contribution in [3.63, 3.8) is 0 Å². The van der Waals surface area contributed by atoms with E-state index in [4.69, 9.17) is 4.42 Å². The average molecular weight is 299 g/mol. The van der Waals surface area contributed by atoms with Gasteiger partial charge in [0, 0.05) is 24.9 Å². The number of hydrogen-bond donors (Lipinski definition) is 0. The summed E-state index contributed by atoms with van der Waals surface area (Å²) in [6, 6.07) is 0. The molecule has 3 rings (SSSR count). The van der Waals surface area contributed by atoms with Gasteiger partial charge in [-0.3, -0.25) is 0 Å². The molecule has 0 N–H and O–H groups in total. The van der Waals surface area contributed by atoms with Crippen LogP contribution >= 0.6 is 0 Å². The molecule has 0 atom stereocenters. The van der Waals surface area contributed by atoms with Crippen LogP contribution in [0, 0.1) is 0 Å². The first-order valence-electron chi connectivity index (χ1n) is 7.41. The van der Waals surface area contributed by atoms with Gasteiger partial charge in [-0.1, -0.05) is 6.92 Å². The summed E-state index contributed by atoms with van der Waals surface area (Å²) in [6.07, 6.45) is 4.51. The summed E-state index contributed by atoms with van der Waals surface area (Å²) >= 11 is 0. The van der Waals surface area contributed by atoms with Crippen LogP contribution in [0.2, 0.25) is 0 Å². The zero-order valence-corrected chi connectivity index (χ0v) is 12.6. The lowest BCUT2D eigenvalue weighted by Crippen LogP contribution is -2.39. The third-order valence-electron chi connectivity index (χ3n) is 4.04. The quantitative estimate of drug-likeness (QED) is 0.829. The molecule has 2 aliphatic rings.